The van der Waals surface area contributed by atoms with Gasteiger partial charge in [-0.25, -0.2) is 0 Å². The van der Waals surface area contributed by atoms with Gasteiger partial charge >= 0.3 is 0 Å². The van der Waals surface area contributed by atoms with E-state index in [4.69, 9.17) is 5.73 Å². The predicted molar refractivity (Wildman–Crippen MR) is 65.0 cm³/mol. The summed E-state index contributed by atoms with van der Waals surface area (Å²) in [5.74, 6) is 1.39. The van der Waals surface area contributed by atoms with Crippen molar-refractivity contribution >= 4 is 5.96 Å². The zero-order chi connectivity index (χ0) is 11.4. The van der Waals surface area contributed by atoms with Gasteiger partial charge in [-0.2, -0.15) is 0 Å². The highest BCUT2D eigenvalue weighted by Crippen LogP contribution is 2.19. The SMILES string of the molecule is CCC(C)C1CN=C(N)N1CCN(C)C. The average Bonchev–Trinajstić information content (AvgIpc) is 2.55. The normalized spacial score (nSPS) is 23.4. The van der Waals surface area contributed by atoms with Crippen LogP contribution in [0.5, 0.6) is 0 Å². The van der Waals surface area contributed by atoms with Crippen LogP contribution in [0.25, 0.3) is 0 Å². The van der Waals surface area contributed by atoms with Crippen LogP contribution in [-0.2, 0) is 0 Å². The molecule has 4 nitrogen and oxygen atoms in total. The van der Waals surface area contributed by atoms with Crippen LogP contribution < -0.4 is 5.73 Å². The van der Waals surface area contributed by atoms with E-state index in [2.05, 4.69) is 42.7 Å². The number of rotatable bonds is 5. The largest absolute Gasteiger partial charge is 0.370 e. The molecule has 0 aliphatic carbocycles. The van der Waals surface area contributed by atoms with E-state index in [9.17, 15) is 0 Å². The summed E-state index contributed by atoms with van der Waals surface area (Å²) < 4.78 is 0. The Morgan fingerprint density at radius 2 is 2.27 bits per heavy atom. The third kappa shape index (κ3) is 3.09. The maximum Gasteiger partial charge on any atom is 0.191 e. The minimum atomic E-state index is 0.509. The number of hydrogen-bond donors (Lipinski definition) is 1. The van der Waals surface area contributed by atoms with Gasteiger partial charge in [0.15, 0.2) is 5.96 Å². The molecule has 0 amide bonds. The van der Waals surface area contributed by atoms with Crippen LogP contribution in [0.3, 0.4) is 0 Å². The summed E-state index contributed by atoms with van der Waals surface area (Å²) in [4.78, 5) is 8.79. The first-order valence-corrected chi connectivity index (χ1v) is 5.77. The molecule has 1 rings (SSSR count). The first kappa shape index (κ1) is 12.3. The van der Waals surface area contributed by atoms with Gasteiger partial charge in [-0.05, 0) is 20.0 Å². The lowest BCUT2D eigenvalue weighted by atomic mass is 9.98. The van der Waals surface area contributed by atoms with E-state index in [1.165, 1.54) is 6.42 Å². The molecule has 2 unspecified atom stereocenters. The van der Waals surface area contributed by atoms with E-state index in [1.54, 1.807) is 0 Å². The van der Waals surface area contributed by atoms with E-state index < -0.39 is 0 Å². The average molecular weight is 212 g/mol. The van der Waals surface area contributed by atoms with Crippen molar-refractivity contribution in [2.24, 2.45) is 16.6 Å². The molecule has 0 saturated carbocycles. The molecule has 0 aromatic carbocycles. The molecule has 0 fully saturated rings. The fourth-order valence-corrected chi connectivity index (χ4v) is 1.89. The summed E-state index contributed by atoms with van der Waals surface area (Å²) in [7, 11) is 4.17. The fraction of sp³-hybridized carbons (Fsp3) is 0.909. The van der Waals surface area contributed by atoms with Crippen LogP contribution in [0.2, 0.25) is 0 Å². The van der Waals surface area contributed by atoms with Crippen LogP contribution in [-0.4, -0.2) is 55.5 Å². The summed E-state index contributed by atoms with van der Waals surface area (Å²) in [6.45, 7) is 7.39. The Kier molecular flexibility index (Phi) is 4.39. The van der Waals surface area contributed by atoms with Gasteiger partial charge in [0.25, 0.3) is 0 Å². The lowest BCUT2D eigenvalue weighted by molar-refractivity contribution is 0.235. The third-order valence-electron chi connectivity index (χ3n) is 3.22. The molecule has 0 aromatic heterocycles. The first-order valence-electron chi connectivity index (χ1n) is 5.77. The van der Waals surface area contributed by atoms with Crippen LogP contribution >= 0.6 is 0 Å². The predicted octanol–water partition coefficient (Wildman–Crippen LogP) is 0.593. The number of nitrogens with two attached hydrogens (primary N) is 1. The van der Waals surface area contributed by atoms with Crippen LogP contribution in [0.15, 0.2) is 4.99 Å². The molecule has 0 bridgehead atoms. The molecular weight excluding hydrogens is 188 g/mol. The summed E-state index contributed by atoms with van der Waals surface area (Å²) in [6, 6.07) is 0.509. The topological polar surface area (TPSA) is 44.9 Å². The molecule has 0 radical (unpaired) electrons. The lowest BCUT2D eigenvalue weighted by Crippen LogP contribution is -2.46. The van der Waals surface area contributed by atoms with Crippen molar-refractivity contribution in [2.45, 2.75) is 26.3 Å². The Hall–Kier alpha value is -0.770. The molecule has 0 spiro atoms. The van der Waals surface area contributed by atoms with E-state index in [0.29, 0.717) is 12.0 Å². The van der Waals surface area contributed by atoms with E-state index in [0.717, 1.165) is 25.6 Å². The molecule has 1 heterocycles. The fourth-order valence-electron chi connectivity index (χ4n) is 1.89. The van der Waals surface area contributed by atoms with Crippen molar-refractivity contribution in [3.8, 4) is 0 Å². The van der Waals surface area contributed by atoms with Gasteiger partial charge in [0.2, 0.25) is 0 Å². The smallest absolute Gasteiger partial charge is 0.191 e. The quantitative estimate of drug-likeness (QED) is 0.725. The molecule has 0 aromatic rings. The lowest BCUT2D eigenvalue weighted by Gasteiger charge is -2.31. The van der Waals surface area contributed by atoms with Crippen molar-refractivity contribution in [2.75, 3.05) is 33.7 Å². The molecule has 2 atom stereocenters. The Balaban J connectivity index is 2.52. The van der Waals surface area contributed by atoms with Gasteiger partial charge in [0.1, 0.15) is 0 Å². The summed E-state index contributed by atoms with van der Waals surface area (Å²) in [5.41, 5.74) is 5.91. The Morgan fingerprint density at radius 1 is 1.60 bits per heavy atom. The number of nitrogens with zero attached hydrogens (tertiary/aromatic N) is 3. The van der Waals surface area contributed by atoms with Crippen molar-refractivity contribution in [3.63, 3.8) is 0 Å². The summed E-state index contributed by atoms with van der Waals surface area (Å²) in [5, 5.41) is 0. The molecule has 88 valence electrons. The van der Waals surface area contributed by atoms with Gasteiger partial charge in [-0.1, -0.05) is 20.3 Å². The highest BCUT2D eigenvalue weighted by atomic mass is 15.3. The molecule has 15 heavy (non-hydrogen) atoms. The minimum Gasteiger partial charge on any atom is -0.370 e. The number of aliphatic imine (C=N–C) groups is 1. The number of likely N-dealkylation sites (N-methyl/N-ethyl adjacent to an activating group) is 1. The molecular formula is C11H24N4. The van der Waals surface area contributed by atoms with Gasteiger partial charge in [0.05, 0.1) is 12.6 Å². The molecule has 0 saturated heterocycles. The van der Waals surface area contributed by atoms with Crippen LogP contribution in [0, 0.1) is 5.92 Å². The molecule has 1 aliphatic rings. The maximum absolute atomic E-state index is 5.91. The van der Waals surface area contributed by atoms with E-state index in [-0.39, 0.29) is 0 Å². The second-order valence-electron chi connectivity index (χ2n) is 4.65. The highest BCUT2D eigenvalue weighted by molar-refractivity contribution is 5.80. The molecule has 1 aliphatic heterocycles. The second-order valence-corrected chi connectivity index (χ2v) is 4.65. The number of hydrogen-bond acceptors (Lipinski definition) is 4. The van der Waals surface area contributed by atoms with Crippen molar-refractivity contribution < 1.29 is 0 Å². The number of guanidine groups is 1. The van der Waals surface area contributed by atoms with Crippen LogP contribution in [0.1, 0.15) is 20.3 Å². The zero-order valence-corrected chi connectivity index (χ0v) is 10.4. The maximum atomic E-state index is 5.91. The monoisotopic (exact) mass is 212 g/mol. The minimum absolute atomic E-state index is 0.509. The highest BCUT2D eigenvalue weighted by Gasteiger charge is 2.29. The van der Waals surface area contributed by atoms with Gasteiger partial charge in [-0.3, -0.25) is 4.99 Å². The van der Waals surface area contributed by atoms with Gasteiger partial charge in [-0.15, -0.1) is 0 Å². The Bertz CT molecular complexity index is 225. The van der Waals surface area contributed by atoms with Crippen molar-refractivity contribution in [1.29, 1.82) is 0 Å². The van der Waals surface area contributed by atoms with Gasteiger partial charge in [0, 0.05) is 13.1 Å². The third-order valence-corrected chi connectivity index (χ3v) is 3.22. The first-order chi connectivity index (χ1) is 7.06. The van der Waals surface area contributed by atoms with Gasteiger partial charge < -0.3 is 15.5 Å². The van der Waals surface area contributed by atoms with E-state index >= 15 is 0 Å². The molecule has 4 heteroatoms. The van der Waals surface area contributed by atoms with Crippen LogP contribution in [0.4, 0.5) is 0 Å². The van der Waals surface area contributed by atoms with E-state index in [1.807, 2.05) is 0 Å². The Morgan fingerprint density at radius 3 is 2.80 bits per heavy atom. The zero-order valence-electron chi connectivity index (χ0n) is 10.4. The summed E-state index contributed by atoms with van der Waals surface area (Å²) in [6.07, 6.45) is 1.19. The summed E-state index contributed by atoms with van der Waals surface area (Å²) >= 11 is 0. The second kappa shape index (κ2) is 5.35. The Labute approximate surface area is 93.1 Å². The van der Waals surface area contributed by atoms with Crippen molar-refractivity contribution in [1.82, 2.24) is 9.80 Å². The standard InChI is InChI=1S/C11H24N4/c1-5-9(2)10-8-13-11(12)15(10)7-6-14(3)4/h9-10H,5-8H2,1-4H3,(H2,12,13). The van der Waals surface area contributed by atoms with Crippen molar-refractivity contribution in [3.05, 3.63) is 0 Å². The molecule has 2 N–H and O–H groups in total.